The predicted molar refractivity (Wildman–Crippen MR) is 73.1 cm³/mol. The van der Waals surface area contributed by atoms with Gasteiger partial charge in [0, 0.05) is 18.2 Å². The maximum absolute atomic E-state index is 12.8. The van der Waals surface area contributed by atoms with E-state index in [2.05, 4.69) is 5.32 Å². The molecule has 1 N–H and O–H groups in total. The van der Waals surface area contributed by atoms with Crippen LogP contribution in [0.15, 0.2) is 48.5 Å². The van der Waals surface area contributed by atoms with Gasteiger partial charge in [0.25, 0.3) is 6.43 Å². The van der Waals surface area contributed by atoms with Crippen LogP contribution in [0.1, 0.15) is 36.1 Å². The van der Waals surface area contributed by atoms with E-state index in [0.29, 0.717) is 6.54 Å². The van der Waals surface area contributed by atoms with Crippen molar-refractivity contribution in [1.29, 1.82) is 0 Å². The number of halogens is 3. The Kier molecular flexibility index (Phi) is 4.79. The first kappa shape index (κ1) is 14.6. The number of alkyl halides is 2. The van der Waals surface area contributed by atoms with Gasteiger partial charge >= 0.3 is 0 Å². The molecule has 0 fully saturated rings. The van der Waals surface area contributed by atoms with E-state index >= 15 is 0 Å². The standard InChI is InChI=1S/C16H16F3N/c1-11(13-5-7-15(17)8-6-13)20-10-12-3-2-4-14(9-12)16(18)19/h2-9,11,16,20H,10H2,1H3/t11-/m1/s1. The summed E-state index contributed by atoms with van der Waals surface area (Å²) in [5.74, 6) is -0.273. The highest BCUT2D eigenvalue weighted by Crippen LogP contribution is 2.20. The van der Waals surface area contributed by atoms with Crippen molar-refractivity contribution in [2.75, 3.05) is 0 Å². The second-order valence-electron chi connectivity index (χ2n) is 4.70. The van der Waals surface area contributed by atoms with E-state index in [-0.39, 0.29) is 17.4 Å². The Morgan fingerprint density at radius 2 is 1.70 bits per heavy atom. The van der Waals surface area contributed by atoms with Crippen LogP contribution < -0.4 is 5.32 Å². The van der Waals surface area contributed by atoms with E-state index in [1.807, 2.05) is 6.92 Å². The largest absolute Gasteiger partial charge is 0.306 e. The normalized spacial score (nSPS) is 12.7. The van der Waals surface area contributed by atoms with Gasteiger partial charge in [0.15, 0.2) is 0 Å². The van der Waals surface area contributed by atoms with Crippen molar-refractivity contribution in [2.45, 2.75) is 25.9 Å². The molecule has 20 heavy (non-hydrogen) atoms. The van der Waals surface area contributed by atoms with Gasteiger partial charge in [-0.05, 0) is 36.2 Å². The zero-order valence-corrected chi connectivity index (χ0v) is 11.1. The Labute approximate surface area is 116 Å². The fourth-order valence-corrected chi connectivity index (χ4v) is 1.98. The molecular formula is C16H16F3N. The number of hydrogen-bond donors (Lipinski definition) is 1. The maximum Gasteiger partial charge on any atom is 0.263 e. The Morgan fingerprint density at radius 3 is 2.35 bits per heavy atom. The van der Waals surface area contributed by atoms with Gasteiger partial charge in [-0.3, -0.25) is 0 Å². The topological polar surface area (TPSA) is 12.0 Å². The van der Waals surface area contributed by atoms with Crippen LogP contribution in [0.2, 0.25) is 0 Å². The van der Waals surface area contributed by atoms with Crippen molar-refractivity contribution in [2.24, 2.45) is 0 Å². The van der Waals surface area contributed by atoms with E-state index in [4.69, 9.17) is 0 Å². The first-order valence-electron chi connectivity index (χ1n) is 6.42. The van der Waals surface area contributed by atoms with Crippen LogP contribution >= 0.6 is 0 Å². The minimum Gasteiger partial charge on any atom is -0.306 e. The zero-order chi connectivity index (χ0) is 14.5. The molecule has 1 nitrogen and oxygen atoms in total. The van der Waals surface area contributed by atoms with Gasteiger partial charge in [-0.15, -0.1) is 0 Å². The lowest BCUT2D eigenvalue weighted by Gasteiger charge is -2.14. The minimum atomic E-state index is -2.45. The lowest BCUT2D eigenvalue weighted by atomic mass is 10.1. The molecule has 0 unspecified atom stereocenters. The molecule has 0 aliphatic heterocycles. The summed E-state index contributed by atoms with van der Waals surface area (Å²) in [6.45, 7) is 2.43. The second-order valence-corrected chi connectivity index (χ2v) is 4.70. The van der Waals surface area contributed by atoms with Crippen molar-refractivity contribution in [3.8, 4) is 0 Å². The molecule has 2 aromatic carbocycles. The summed E-state index contributed by atoms with van der Waals surface area (Å²) in [4.78, 5) is 0. The smallest absolute Gasteiger partial charge is 0.263 e. The van der Waals surface area contributed by atoms with Crippen LogP contribution in [0.25, 0.3) is 0 Å². The quantitative estimate of drug-likeness (QED) is 0.842. The summed E-state index contributed by atoms with van der Waals surface area (Å²) in [6.07, 6.45) is -2.45. The van der Waals surface area contributed by atoms with E-state index < -0.39 is 6.43 Å². The summed E-state index contributed by atoms with van der Waals surface area (Å²) in [6, 6.07) is 12.6. The van der Waals surface area contributed by atoms with E-state index in [9.17, 15) is 13.2 Å². The van der Waals surface area contributed by atoms with Gasteiger partial charge < -0.3 is 5.32 Å². The summed E-state index contributed by atoms with van der Waals surface area (Å²) >= 11 is 0. The molecule has 1 atom stereocenters. The van der Waals surface area contributed by atoms with Crippen LogP contribution in [0.3, 0.4) is 0 Å². The van der Waals surface area contributed by atoms with Gasteiger partial charge in [0.1, 0.15) is 5.82 Å². The van der Waals surface area contributed by atoms with Gasteiger partial charge in [0.2, 0.25) is 0 Å². The lowest BCUT2D eigenvalue weighted by molar-refractivity contribution is 0.151. The van der Waals surface area contributed by atoms with Crippen molar-refractivity contribution >= 4 is 0 Å². The van der Waals surface area contributed by atoms with Gasteiger partial charge in [-0.1, -0.05) is 30.3 Å². The molecule has 0 aliphatic rings. The molecule has 0 saturated heterocycles. The summed E-state index contributed by atoms with van der Waals surface area (Å²) < 4.78 is 38.0. The molecule has 0 bridgehead atoms. The van der Waals surface area contributed by atoms with Gasteiger partial charge in [-0.25, -0.2) is 13.2 Å². The predicted octanol–water partition coefficient (Wildman–Crippen LogP) is 4.61. The summed E-state index contributed by atoms with van der Waals surface area (Å²) in [7, 11) is 0. The molecule has 0 aromatic heterocycles. The second kappa shape index (κ2) is 6.57. The molecule has 2 aromatic rings. The molecule has 2 rings (SSSR count). The third-order valence-corrected chi connectivity index (χ3v) is 3.19. The van der Waals surface area contributed by atoms with Crippen LogP contribution in [0.4, 0.5) is 13.2 Å². The highest BCUT2D eigenvalue weighted by Gasteiger charge is 2.08. The van der Waals surface area contributed by atoms with Crippen LogP contribution in [-0.4, -0.2) is 0 Å². The molecule has 0 spiro atoms. The lowest BCUT2D eigenvalue weighted by Crippen LogP contribution is -2.18. The minimum absolute atomic E-state index is 0.0193. The van der Waals surface area contributed by atoms with E-state index in [1.54, 1.807) is 24.3 Å². The van der Waals surface area contributed by atoms with Crippen LogP contribution in [-0.2, 0) is 6.54 Å². The Morgan fingerprint density at radius 1 is 1.00 bits per heavy atom. The monoisotopic (exact) mass is 279 g/mol. The Hall–Kier alpha value is -1.81. The number of benzene rings is 2. The van der Waals surface area contributed by atoms with Crippen molar-refractivity contribution in [3.63, 3.8) is 0 Å². The molecule has 0 aliphatic carbocycles. The highest BCUT2D eigenvalue weighted by atomic mass is 19.3. The first-order valence-corrected chi connectivity index (χ1v) is 6.42. The fraction of sp³-hybridized carbons (Fsp3) is 0.250. The Bertz CT molecular complexity index is 552. The van der Waals surface area contributed by atoms with Crippen LogP contribution in [0.5, 0.6) is 0 Å². The van der Waals surface area contributed by atoms with Crippen molar-refractivity contribution < 1.29 is 13.2 Å². The fourth-order valence-electron chi connectivity index (χ4n) is 1.98. The number of nitrogens with one attached hydrogen (secondary N) is 1. The van der Waals surface area contributed by atoms with Gasteiger partial charge in [0.05, 0.1) is 0 Å². The highest BCUT2D eigenvalue weighted by molar-refractivity contribution is 5.25. The molecule has 0 amide bonds. The molecule has 4 heteroatoms. The van der Waals surface area contributed by atoms with E-state index in [0.717, 1.165) is 11.1 Å². The molecule has 0 saturated carbocycles. The average Bonchev–Trinajstić information content (AvgIpc) is 2.46. The maximum atomic E-state index is 12.8. The first-order chi connectivity index (χ1) is 9.56. The average molecular weight is 279 g/mol. The van der Waals surface area contributed by atoms with Crippen molar-refractivity contribution in [1.82, 2.24) is 5.32 Å². The third-order valence-electron chi connectivity index (χ3n) is 3.19. The summed E-state index contributed by atoms with van der Waals surface area (Å²) in [5, 5.41) is 3.23. The van der Waals surface area contributed by atoms with Crippen LogP contribution in [0, 0.1) is 5.82 Å². The third kappa shape index (κ3) is 3.84. The zero-order valence-electron chi connectivity index (χ0n) is 11.1. The number of rotatable bonds is 5. The van der Waals surface area contributed by atoms with Crippen molar-refractivity contribution in [3.05, 3.63) is 71.0 Å². The summed E-state index contributed by atoms with van der Waals surface area (Å²) in [5.41, 5.74) is 1.78. The molecular weight excluding hydrogens is 263 g/mol. The van der Waals surface area contributed by atoms with E-state index in [1.165, 1.54) is 24.3 Å². The SMILES string of the molecule is C[C@@H](NCc1cccc(C(F)F)c1)c1ccc(F)cc1. The number of hydrogen-bond acceptors (Lipinski definition) is 1. The molecule has 0 heterocycles. The van der Waals surface area contributed by atoms with Gasteiger partial charge in [-0.2, -0.15) is 0 Å². The molecule has 106 valence electrons. The molecule has 0 radical (unpaired) electrons. The Balaban J connectivity index is 1.97.